The van der Waals surface area contributed by atoms with Gasteiger partial charge in [-0.15, -0.1) is 0 Å². The number of amides is 1. The molecule has 0 bridgehead atoms. The van der Waals surface area contributed by atoms with Crippen molar-refractivity contribution < 1.29 is 14.1 Å². The molecule has 0 spiro atoms. The van der Waals surface area contributed by atoms with Gasteiger partial charge in [-0.2, -0.15) is 5.26 Å². The van der Waals surface area contributed by atoms with Crippen molar-refractivity contribution >= 4 is 23.4 Å². The van der Waals surface area contributed by atoms with Crippen molar-refractivity contribution in [1.82, 2.24) is 4.90 Å². The molecule has 9 heteroatoms. The Morgan fingerprint density at radius 2 is 2.00 bits per heavy atom. The number of nitriles is 1. The molecule has 1 aliphatic heterocycles. The second kappa shape index (κ2) is 7.94. The topological polar surface area (TPSA) is 130 Å². The standard InChI is InChI=1S/C19H19N5O4/c1-22-6-8-23(9-7-22)16-4-2-13(11-17(16)24(26)27)18-5-3-15(28-18)10-14(12-20)19(21)25/h2-5,10-11H,6-9H2,1H3,(H2,21,25)/b14-10+. The van der Waals surface area contributed by atoms with Gasteiger partial charge in [-0.1, -0.05) is 0 Å². The number of furan rings is 1. The summed E-state index contributed by atoms with van der Waals surface area (Å²) in [4.78, 5) is 26.5. The van der Waals surface area contributed by atoms with E-state index < -0.39 is 10.8 Å². The summed E-state index contributed by atoms with van der Waals surface area (Å²) in [6.45, 7) is 3.12. The maximum Gasteiger partial charge on any atom is 0.293 e. The molecule has 9 nitrogen and oxygen atoms in total. The highest BCUT2D eigenvalue weighted by atomic mass is 16.6. The Kier molecular flexibility index (Phi) is 5.42. The predicted octanol–water partition coefficient (Wildman–Crippen LogP) is 2.00. The molecule has 0 aliphatic carbocycles. The number of nitrogens with zero attached hydrogens (tertiary/aromatic N) is 4. The van der Waals surface area contributed by atoms with Crippen LogP contribution in [0, 0.1) is 21.4 Å². The van der Waals surface area contributed by atoms with E-state index in [0.717, 1.165) is 26.2 Å². The van der Waals surface area contributed by atoms with Crippen LogP contribution in [0.15, 0.2) is 40.3 Å². The number of anilines is 1. The number of carbonyl (C=O) groups excluding carboxylic acids is 1. The van der Waals surface area contributed by atoms with Crippen LogP contribution in [-0.4, -0.2) is 49.0 Å². The fraction of sp³-hybridized carbons (Fsp3) is 0.263. The molecule has 3 rings (SSSR count). The van der Waals surface area contributed by atoms with E-state index in [-0.39, 0.29) is 17.0 Å². The van der Waals surface area contributed by atoms with E-state index >= 15 is 0 Å². The van der Waals surface area contributed by atoms with Gasteiger partial charge in [0.15, 0.2) is 0 Å². The van der Waals surface area contributed by atoms with Crippen LogP contribution in [0.3, 0.4) is 0 Å². The van der Waals surface area contributed by atoms with Crippen LogP contribution < -0.4 is 10.6 Å². The van der Waals surface area contributed by atoms with Gasteiger partial charge < -0.3 is 20.0 Å². The molecule has 1 fully saturated rings. The van der Waals surface area contributed by atoms with Gasteiger partial charge in [-0.05, 0) is 31.3 Å². The SMILES string of the molecule is CN1CCN(c2ccc(-c3ccc(/C=C(\C#N)C(N)=O)o3)cc2[N+](=O)[O-])CC1. The summed E-state index contributed by atoms with van der Waals surface area (Å²) in [5, 5.41) is 20.5. The minimum Gasteiger partial charge on any atom is -0.457 e. The van der Waals surface area contributed by atoms with Gasteiger partial charge in [0.25, 0.3) is 11.6 Å². The molecule has 1 amide bonds. The highest BCUT2D eigenvalue weighted by molar-refractivity contribution is 6.00. The molecular formula is C19H19N5O4. The summed E-state index contributed by atoms with van der Waals surface area (Å²) in [5.41, 5.74) is 5.98. The van der Waals surface area contributed by atoms with Crippen LogP contribution in [0.25, 0.3) is 17.4 Å². The van der Waals surface area contributed by atoms with Gasteiger partial charge in [0.2, 0.25) is 0 Å². The van der Waals surface area contributed by atoms with Crippen molar-refractivity contribution in [3.05, 3.63) is 51.8 Å². The smallest absolute Gasteiger partial charge is 0.293 e. The van der Waals surface area contributed by atoms with Gasteiger partial charge in [0.1, 0.15) is 28.9 Å². The van der Waals surface area contributed by atoms with E-state index in [4.69, 9.17) is 15.4 Å². The van der Waals surface area contributed by atoms with Crippen molar-refractivity contribution in [2.75, 3.05) is 38.1 Å². The largest absolute Gasteiger partial charge is 0.457 e. The Bertz CT molecular complexity index is 980. The lowest BCUT2D eigenvalue weighted by molar-refractivity contribution is -0.384. The first kappa shape index (κ1) is 19.1. The summed E-state index contributed by atoms with van der Waals surface area (Å²) in [5.74, 6) is -0.204. The number of likely N-dealkylation sites (N-methyl/N-ethyl adjacent to an activating group) is 1. The summed E-state index contributed by atoms with van der Waals surface area (Å²) >= 11 is 0. The summed E-state index contributed by atoms with van der Waals surface area (Å²) in [7, 11) is 2.02. The second-order valence-corrected chi connectivity index (χ2v) is 6.49. The first-order chi connectivity index (χ1) is 13.4. The molecule has 0 atom stereocenters. The molecule has 1 aromatic heterocycles. The van der Waals surface area contributed by atoms with Gasteiger partial charge in [0, 0.05) is 43.9 Å². The summed E-state index contributed by atoms with van der Waals surface area (Å²) in [6.07, 6.45) is 1.23. The van der Waals surface area contributed by atoms with Crippen LogP contribution in [0.4, 0.5) is 11.4 Å². The zero-order valence-electron chi connectivity index (χ0n) is 15.3. The van der Waals surface area contributed by atoms with Gasteiger partial charge >= 0.3 is 0 Å². The minimum atomic E-state index is -0.854. The number of rotatable bonds is 5. The molecule has 144 valence electrons. The lowest BCUT2D eigenvalue weighted by Gasteiger charge is -2.33. The number of piperazine rings is 1. The zero-order valence-corrected chi connectivity index (χ0v) is 15.3. The maximum atomic E-state index is 11.6. The number of nitrogens with two attached hydrogens (primary N) is 1. The Morgan fingerprint density at radius 3 is 2.61 bits per heavy atom. The number of hydrogen-bond donors (Lipinski definition) is 1. The molecule has 1 aliphatic rings. The van der Waals surface area contributed by atoms with E-state index in [1.165, 1.54) is 12.1 Å². The molecule has 0 saturated carbocycles. The van der Waals surface area contributed by atoms with Crippen LogP contribution >= 0.6 is 0 Å². The zero-order chi connectivity index (χ0) is 20.3. The number of hydrogen-bond acceptors (Lipinski definition) is 7. The Morgan fingerprint density at radius 1 is 1.29 bits per heavy atom. The Balaban J connectivity index is 1.92. The van der Waals surface area contributed by atoms with Gasteiger partial charge in [0.05, 0.1) is 4.92 Å². The normalized spacial score (nSPS) is 15.3. The van der Waals surface area contributed by atoms with Crippen LogP contribution in [0.2, 0.25) is 0 Å². The summed E-state index contributed by atoms with van der Waals surface area (Å²) in [6, 6.07) is 9.84. The molecule has 0 unspecified atom stereocenters. The van der Waals surface area contributed by atoms with Crippen molar-refractivity contribution in [2.45, 2.75) is 0 Å². The van der Waals surface area contributed by atoms with E-state index in [0.29, 0.717) is 17.0 Å². The third-order valence-corrected chi connectivity index (χ3v) is 4.60. The van der Waals surface area contributed by atoms with E-state index in [1.54, 1.807) is 30.3 Å². The highest BCUT2D eigenvalue weighted by Crippen LogP contribution is 2.34. The molecule has 1 saturated heterocycles. The number of primary amides is 1. The highest BCUT2D eigenvalue weighted by Gasteiger charge is 2.23. The number of nitro benzene ring substituents is 1. The van der Waals surface area contributed by atoms with Crippen LogP contribution in [0.5, 0.6) is 0 Å². The molecule has 2 N–H and O–H groups in total. The summed E-state index contributed by atoms with van der Waals surface area (Å²) < 4.78 is 5.61. The van der Waals surface area contributed by atoms with E-state index in [9.17, 15) is 14.9 Å². The third-order valence-electron chi connectivity index (χ3n) is 4.60. The second-order valence-electron chi connectivity index (χ2n) is 6.49. The third kappa shape index (κ3) is 4.02. The fourth-order valence-corrected chi connectivity index (χ4v) is 3.02. The van der Waals surface area contributed by atoms with Gasteiger partial charge in [-0.25, -0.2) is 0 Å². The lowest BCUT2D eigenvalue weighted by atomic mass is 10.1. The first-order valence-electron chi connectivity index (χ1n) is 8.63. The van der Waals surface area contributed by atoms with Crippen molar-refractivity contribution in [3.63, 3.8) is 0 Å². The average Bonchev–Trinajstić information content (AvgIpc) is 3.14. The van der Waals surface area contributed by atoms with E-state index in [1.807, 2.05) is 11.9 Å². The molecule has 1 aromatic carbocycles. The number of carbonyl (C=O) groups is 1. The molecule has 28 heavy (non-hydrogen) atoms. The molecule has 2 heterocycles. The van der Waals surface area contributed by atoms with Crippen molar-refractivity contribution in [2.24, 2.45) is 5.73 Å². The van der Waals surface area contributed by atoms with Crippen molar-refractivity contribution in [1.29, 1.82) is 5.26 Å². The maximum absolute atomic E-state index is 11.6. The average molecular weight is 381 g/mol. The van der Waals surface area contributed by atoms with Crippen molar-refractivity contribution in [3.8, 4) is 17.4 Å². The minimum absolute atomic E-state index is 0.00500. The molecular weight excluding hydrogens is 362 g/mol. The predicted molar refractivity (Wildman–Crippen MR) is 103 cm³/mol. The number of nitro groups is 1. The number of benzene rings is 1. The lowest BCUT2D eigenvalue weighted by Crippen LogP contribution is -2.44. The first-order valence-corrected chi connectivity index (χ1v) is 8.63. The Labute approximate surface area is 161 Å². The van der Waals surface area contributed by atoms with Crippen LogP contribution in [-0.2, 0) is 4.79 Å². The van der Waals surface area contributed by atoms with E-state index in [2.05, 4.69) is 4.90 Å². The fourth-order valence-electron chi connectivity index (χ4n) is 3.02. The molecule has 2 aromatic rings. The van der Waals surface area contributed by atoms with Crippen LogP contribution in [0.1, 0.15) is 5.76 Å². The molecule has 0 radical (unpaired) electrons. The Hall–Kier alpha value is -3.64. The quantitative estimate of drug-likeness (QED) is 0.363. The monoisotopic (exact) mass is 381 g/mol. The van der Waals surface area contributed by atoms with Gasteiger partial charge in [-0.3, -0.25) is 14.9 Å².